The van der Waals surface area contributed by atoms with Crippen LogP contribution in [0.2, 0.25) is 18.1 Å². The SMILES string of the molecule is CC(O[Si](C)(C)C(C)(C)C)[C@@H]1C(=O)N[C@@H]1Cc1ccccc1. The molecule has 122 valence electrons. The van der Waals surface area contributed by atoms with Gasteiger partial charge in [-0.05, 0) is 37.0 Å². The Labute approximate surface area is 135 Å². The number of benzene rings is 1. The number of β-lactam (4-membered cyclic amide) rings is 1. The molecule has 1 aromatic rings. The minimum absolute atomic E-state index is 0.0247. The summed E-state index contributed by atoms with van der Waals surface area (Å²) in [7, 11) is -1.84. The highest BCUT2D eigenvalue weighted by Gasteiger charge is 2.47. The van der Waals surface area contributed by atoms with Crippen molar-refractivity contribution in [1.29, 1.82) is 0 Å². The van der Waals surface area contributed by atoms with Crippen LogP contribution in [0.5, 0.6) is 0 Å². The molecule has 2 rings (SSSR count). The summed E-state index contributed by atoms with van der Waals surface area (Å²) in [6, 6.07) is 10.5. The van der Waals surface area contributed by atoms with Gasteiger partial charge in [-0.25, -0.2) is 0 Å². The van der Waals surface area contributed by atoms with Crippen molar-refractivity contribution in [2.75, 3.05) is 0 Å². The lowest BCUT2D eigenvalue weighted by molar-refractivity contribution is -0.139. The van der Waals surface area contributed by atoms with Crippen molar-refractivity contribution in [1.82, 2.24) is 5.32 Å². The summed E-state index contributed by atoms with van der Waals surface area (Å²) in [5.74, 6) is 0.0986. The zero-order valence-corrected chi connectivity index (χ0v) is 15.6. The highest BCUT2D eigenvalue weighted by molar-refractivity contribution is 6.74. The van der Waals surface area contributed by atoms with E-state index in [1.54, 1.807) is 0 Å². The molecule has 0 aliphatic carbocycles. The quantitative estimate of drug-likeness (QED) is 0.663. The van der Waals surface area contributed by atoms with E-state index in [-0.39, 0.29) is 29.0 Å². The molecule has 1 aliphatic rings. The lowest BCUT2D eigenvalue weighted by Crippen LogP contribution is -2.64. The Morgan fingerprint density at radius 1 is 1.23 bits per heavy atom. The van der Waals surface area contributed by atoms with Crippen LogP contribution in [-0.4, -0.2) is 26.4 Å². The molecule has 1 aromatic carbocycles. The number of rotatable bonds is 5. The zero-order valence-electron chi connectivity index (χ0n) is 14.6. The van der Waals surface area contributed by atoms with Crippen molar-refractivity contribution in [3.8, 4) is 0 Å². The molecule has 1 amide bonds. The number of carbonyl (C=O) groups is 1. The molecule has 0 saturated carbocycles. The van der Waals surface area contributed by atoms with Gasteiger partial charge in [-0.1, -0.05) is 51.1 Å². The van der Waals surface area contributed by atoms with Gasteiger partial charge >= 0.3 is 0 Å². The first-order valence-electron chi connectivity index (χ1n) is 8.14. The topological polar surface area (TPSA) is 38.3 Å². The summed E-state index contributed by atoms with van der Waals surface area (Å²) < 4.78 is 6.42. The number of nitrogens with one attached hydrogen (secondary N) is 1. The van der Waals surface area contributed by atoms with Crippen molar-refractivity contribution in [3.63, 3.8) is 0 Å². The lowest BCUT2D eigenvalue weighted by atomic mass is 9.82. The summed E-state index contributed by atoms with van der Waals surface area (Å²) in [5, 5.41) is 3.21. The molecule has 4 heteroatoms. The Kier molecular flexibility index (Phi) is 4.83. The fourth-order valence-electron chi connectivity index (χ4n) is 2.76. The average Bonchev–Trinajstić information content (AvgIpc) is 2.36. The Hall–Kier alpha value is -1.13. The fourth-order valence-corrected chi connectivity index (χ4v) is 4.19. The molecule has 3 nitrogen and oxygen atoms in total. The van der Waals surface area contributed by atoms with E-state index in [4.69, 9.17) is 4.43 Å². The largest absolute Gasteiger partial charge is 0.413 e. The first-order valence-corrected chi connectivity index (χ1v) is 11.0. The molecule has 1 saturated heterocycles. The van der Waals surface area contributed by atoms with Gasteiger partial charge in [0.2, 0.25) is 5.91 Å². The molecule has 3 atom stereocenters. The summed E-state index contributed by atoms with van der Waals surface area (Å²) in [6.07, 6.45) is 0.853. The second-order valence-corrected chi connectivity index (χ2v) is 12.7. The molecule has 1 aliphatic heterocycles. The first kappa shape index (κ1) is 17.2. The van der Waals surface area contributed by atoms with Crippen LogP contribution in [0.4, 0.5) is 0 Å². The van der Waals surface area contributed by atoms with Gasteiger partial charge in [-0.2, -0.15) is 0 Å². The second kappa shape index (κ2) is 6.17. The maximum absolute atomic E-state index is 12.0. The Bertz CT molecular complexity index is 522. The van der Waals surface area contributed by atoms with Gasteiger partial charge in [0, 0.05) is 6.04 Å². The molecule has 1 unspecified atom stereocenters. The third-order valence-corrected chi connectivity index (χ3v) is 9.73. The molecular weight excluding hydrogens is 290 g/mol. The Morgan fingerprint density at radius 2 is 1.82 bits per heavy atom. The maximum atomic E-state index is 12.0. The number of carbonyl (C=O) groups excluding carboxylic acids is 1. The maximum Gasteiger partial charge on any atom is 0.228 e. The van der Waals surface area contributed by atoms with Gasteiger partial charge in [0.25, 0.3) is 0 Å². The van der Waals surface area contributed by atoms with Gasteiger partial charge in [-0.15, -0.1) is 0 Å². The standard InChI is InChI=1S/C18H29NO2Si/c1-13(21-22(5,6)18(2,3)4)16-15(19-17(16)20)12-14-10-8-7-9-11-14/h7-11,13,15-16H,12H2,1-6H3,(H,19,20)/t13?,15-,16+/m1/s1. The van der Waals surface area contributed by atoms with Crippen LogP contribution in [0.15, 0.2) is 30.3 Å². The van der Waals surface area contributed by atoms with Crippen molar-refractivity contribution in [2.45, 2.75) is 64.4 Å². The molecule has 0 radical (unpaired) electrons. The molecule has 0 spiro atoms. The molecule has 1 N–H and O–H groups in total. The highest BCUT2D eigenvalue weighted by Crippen LogP contribution is 2.39. The first-order chi connectivity index (χ1) is 10.1. The molecule has 22 heavy (non-hydrogen) atoms. The van der Waals surface area contributed by atoms with Crippen LogP contribution >= 0.6 is 0 Å². The summed E-state index contributed by atoms with van der Waals surface area (Å²) in [4.78, 5) is 12.0. The number of amides is 1. The fraction of sp³-hybridized carbons (Fsp3) is 0.611. The molecular formula is C18H29NO2Si. The van der Waals surface area contributed by atoms with Crippen LogP contribution in [0.25, 0.3) is 0 Å². The van der Waals surface area contributed by atoms with Crippen molar-refractivity contribution < 1.29 is 9.22 Å². The zero-order chi connectivity index (χ0) is 16.5. The van der Waals surface area contributed by atoms with E-state index in [1.807, 2.05) is 18.2 Å². The van der Waals surface area contributed by atoms with Crippen LogP contribution in [0, 0.1) is 5.92 Å². The summed E-state index contributed by atoms with van der Waals surface area (Å²) in [6.45, 7) is 13.2. The van der Waals surface area contributed by atoms with Crippen molar-refractivity contribution in [3.05, 3.63) is 35.9 Å². The van der Waals surface area contributed by atoms with E-state index >= 15 is 0 Å². The van der Waals surface area contributed by atoms with Gasteiger partial charge in [0.1, 0.15) is 0 Å². The second-order valence-electron chi connectivity index (χ2n) is 7.91. The molecule has 1 fully saturated rings. The third kappa shape index (κ3) is 3.61. The monoisotopic (exact) mass is 319 g/mol. The van der Waals surface area contributed by atoms with E-state index in [2.05, 4.69) is 58.2 Å². The summed E-state index contributed by atoms with van der Waals surface area (Å²) in [5.41, 5.74) is 1.26. The Balaban J connectivity index is 2.02. The molecule has 0 aromatic heterocycles. The van der Waals surface area contributed by atoms with Crippen LogP contribution in [0.1, 0.15) is 33.3 Å². The minimum atomic E-state index is -1.84. The average molecular weight is 320 g/mol. The predicted molar refractivity (Wildman–Crippen MR) is 93.3 cm³/mol. The normalized spacial score (nSPS) is 23.6. The van der Waals surface area contributed by atoms with E-state index < -0.39 is 8.32 Å². The van der Waals surface area contributed by atoms with Crippen LogP contribution in [-0.2, 0) is 15.6 Å². The summed E-state index contributed by atoms with van der Waals surface area (Å²) >= 11 is 0. The van der Waals surface area contributed by atoms with Crippen LogP contribution < -0.4 is 5.32 Å². The van der Waals surface area contributed by atoms with Gasteiger partial charge in [0.05, 0.1) is 12.0 Å². The van der Waals surface area contributed by atoms with Crippen molar-refractivity contribution >= 4 is 14.2 Å². The van der Waals surface area contributed by atoms with E-state index in [1.165, 1.54) is 5.56 Å². The van der Waals surface area contributed by atoms with Gasteiger partial charge in [0.15, 0.2) is 8.32 Å². The number of hydrogen-bond donors (Lipinski definition) is 1. The highest BCUT2D eigenvalue weighted by atomic mass is 28.4. The van der Waals surface area contributed by atoms with Gasteiger partial charge in [-0.3, -0.25) is 4.79 Å². The third-order valence-electron chi connectivity index (χ3n) is 5.15. The minimum Gasteiger partial charge on any atom is -0.413 e. The van der Waals surface area contributed by atoms with E-state index in [9.17, 15) is 4.79 Å². The van der Waals surface area contributed by atoms with E-state index in [0.717, 1.165) is 6.42 Å². The number of hydrogen-bond acceptors (Lipinski definition) is 2. The van der Waals surface area contributed by atoms with Gasteiger partial charge < -0.3 is 9.74 Å². The smallest absolute Gasteiger partial charge is 0.228 e. The molecule has 0 bridgehead atoms. The lowest BCUT2D eigenvalue weighted by Gasteiger charge is -2.45. The van der Waals surface area contributed by atoms with E-state index in [0.29, 0.717) is 0 Å². The predicted octanol–water partition coefficient (Wildman–Crippen LogP) is 3.75. The van der Waals surface area contributed by atoms with Crippen molar-refractivity contribution in [2.24, 2.45) is 5.92 Å². The van der Waals surface area contributed by atoms with Crippen LogP contribution in [0.3, 0.4) is 0 Å². The molecule has 1 heterocycles. The Morgan fingerprint density at radius 3 is 2.32 bits per heavy atom.